The quantitative estimate of drug-likeness (QED) is 0.711. The van der Waals surface area contributed by atoms with E-state index in [-0.39, 0.29) is 22.3 Å². The number of rotatable bonds is 4. The lowest BCUT2D eigenvalue weighted by atomic mass is 10.1. The van der Waals surface area contributed by atoms with Gasteiger partial charge in [-0.3, -0.25) is 10.2 Å². The second-order valence-corrected chi connectivity index (χ2v) is 6.73. The van der Waals surface area contributed by atoms with E-state index in [1.165, 1.54) is 22.8 Å². The number of carboxylic acid groups (broad SMARTS) is 1. The molecule has 25 heavy (non-hydrogen) atoms. The molecular weight excluding hydrogens is 358 g/mol. The first-order valence-electron chi connectivity index (χ1n) is 7.45. The molecule has 1 atom stereocenters. The fourth-order valence-electron chi connectivity index (χ4n) is 2.47. The van der Waals surface area contributed by atoms with Crippen molar-refractivity contribution in [3.05, 3.63) is 65.7 Å². The second-order valence-electron chi connectivity index (χ2n) is 5.25. The van der Waals surface area contributed by atoms with Gasteiger partial charge in [-0.15, -0.1) is 11.8 Å². The summed E-state index contributed by atoms with van der Waals surface area (Å²) in [6.07, 6.45) is 0. The molecular formula is C17H15N3O3S2. The number of carbonyl (C=O) groups is 2. The number of nitrogens with zero attached hydrogens (tertiary/aromatic N) is 1. The Kier molecular flexibility index (Phi) is 5.20. The van der Waals surface area contributed by atoms with Gasteiger partial charge in [-0.25, -0.2) is 9.80 Å². The molecule has 8 heteroatoms. The first kappa shape index (κ1) is 17.2. The molecule has 0 unspecified atom stereocenters. The molecule has 1 heterocycles. The van der Waals surface area contributed by atoms with E-state index in [4.69, 9.17) is 12.2 Å². The molecule has 1 aliphatic heterocycles. The van der Waals surface area contributed by atoms with Gasteiger partial charge in [-0.05, 0) is 30.4 Å². The second kappa shape index (κ2) is 7.54. The largest absolute Gasteiger partial charge is 0.478 e. The molecule has 0 aromatic heterocycles. The van der Waals surface area contributed by atoms with Gasteiger partial charge in [0.05, 0.1) is 11.3 Å². The monoisotopic (exact) mass is 373 g/mol. The minimum Gasteiger partial charge on any atom is -0.478 e. The van der Waals surface area contributed by atoms with Crippen LogP contribution in [-0.2, 0) is 4.79 Å². The van der Waals surface area contributed by atoms with E-state index in [1.54, 1.807) is 18.2 Å². The molecule has 0 saturated carbocycles. The smallest absolute Gasteiger partial charge is 0.336 e. The lowest BCUT2D eigenvalue weighted by molar-refractivity contribution is -0.129. The van der Waals surface area contributed by atoms with E-state index < -0.39 is 11.3 Å². The van der Waals surface area contributed by atoms with Crippen LogP contribution in [0.25, 0.3) is 0 Å². The molecule has 2 aromatic carbocycles. The third-order valence-corrected chi connectivity index (χ3v) is 4.97. The van der Waals surface area contributed by atoms with Crippen molar-refractivity contribution in [1.29, 1.82) is 0 Å². The van der Waals surface area contributed by atoms with E-state index in [0.717, 1.165) is 5.69 Å². The van der Waals surface area contributed by atoms with Gasteiger partial charge in [0, 0.05) is 11.3 Å². The highest BCUT2D eigenvalue weighted by molar-refractivity contribution is 8.00. The number of nitrogens with one attached hydrogen (secondary N) is 2. The SMILES string of the molecule is O=C(O)c1ccccc1[C@H]1SCC(=O)N1NC(=S)Nc1ccccc1. The third kappa shape index (κ3) is 3.92. The Balaban J connectivity index is 1.79. The lowest BCUT2D eigenvalue weighted by Crippen LogP contribution is -2.46. The van der Waals surface area contributed by atoms with E-state index >= 15 is 0 Å². The van der Waals surface area contributed by atoms with E-state index in [0.29, 0.717) is 5.56 Å². The van der Waals surface area contributed by atoms with Crippen LogP contribution < -0.4 is 10.7 Å². The zero-order valence-corrected chi connectivity index (χ0v) is 14.6. The predicted octanol–water partition coefficient (Wildman–Crippen LogP) is 2.86. The Bertz CT molecular complexity index is 814. The minimum atomic E-state index is -1.03. The molecule has 3 N–H and O–H groups in total. The number of carboxylic acids is 1. The van der Waals surface area contributed by atoms with Crippen molar-refractivity contribution in [2.24, 2.45) is 0 Å². The van der Waals surface area contributed by atoms with Gasteiger partial charge in [-0.2, -0.15) is 0 Å². The van der Waals surface area contributed by atoms with E-state index in [1.807, 2.05) is 30.3 Å². The van der Waals surface area contributed by atoms with Gasteiger partial charge in [0.15, 0.2) is 5.11 Å². The average molecular weight is 373 g/mol. The number of amides is 1. The van der Waals surface area contributed by atoms with Crippen LogP contribution in [0.5, 0.6) is 0 Å². The molecule has 0 bridgehead atoms. The molecule has 2 aromatic rings. The van der Waals surface area contributed by atoms with E-state index in [2.05, 4.69) is 10.7 Å². The van der Waals surface area contributed by atoms with Crippen molar-refractivity contribution in [3.8, 4) is 0 Å². The first-order valence-corrected chi connectivity index (χ1v) is 8.90. The summed E-state index contributed by atoms with van der Waals surface area (Å²) in [4.78, 5) is 23.7. The van der Waals surface area contributed by atoms with Crippen molar-refractivity contribution in [2.75, 3.05) is 11.1 Å². The van der Waals surface area contributed by atoms with Crippen molar-refractivity contribution >= 4 is 46.7 Å². The fourth-order valence-corrected chi connectivity index (χ4v) is 3.83. The van der Waals surface area contributed by atoms with Crippen LogP contribution >= 0.6 is 24.0 Å². The van der Waals surface area contributed by atoms with Gasteiger partial charge in [0.2, 0.25) is 0 Å². The molecule has 1 aliphatic rings. The summed E-state index contributed by atoms with van der Waals surface area (Å²) < 4.78 is 0. The number of benzene rings is 2. The lowest BCUT2D eigenvalue weighted by Gasteiger charge is -2.26. The van der Waals surface area contributed by atoms with Crippen LogP contribution in [-0.4, -0.2) is 32.9 Å². The summed E-state index contributed by atoms with van der Waals surface area (Å²) in [6, 6.07) is 16.0. The van der Waals surface area contributed by atoms with Crippen molar-refractivity contribution < 1.29 is 14.7 Å². The maximum Gasteiger partial charge on any atom is 0.336 e. The summed E-state index contributed by atoms with van der Waals surface area (Å²) in [7, 11) is 0. The number of aromatic carboxylic acids is 1. The van der Waals surface area contributed by atoms with Crippen LogP contribution in [0, 0.1) is 0 Å². The highest BCUT2D eigenvalue weighted by atomic mass is 32.2. The number of anilines is 1. The van der Waals surface area contributed by atoms with E-state index in [9.17, 15) is 14.7 Å². The summed E-state index contributed by atoms with van der Waals surface area (Å²) in [5.41, 5.74) is 4.40. The van der Waals surface area contributed by atoms with Gasteiger partial charge in [0.25, 0.3) is 5.91 Å². The Morgan fingerprint density at radius 2 is 1.84 bits per heavy atom. The highest BCUT2D eigenvalue weighted by Crippen LogP contribution is 2.38. The molecule has 3 rings (SSSR count). The summed E-state index contributed by atoms with van der Waals surface area (Å²) in [6.45, 7) is 0. The number of hydrogen-bond donors (Lipinski definition) is 3. The Hall–Kier alpha value is -2.58. The van der Waals surface area contributed by atoms with Gasteiger partial charge in [0.1, 0.15) is 5.37 Å². The van der Waals surface area contributed by atoms with Crippen LogP contribution in [0.4, 0.5) is 5.69 Å². The molecule has 128 valence electrons. The van der Waals surface area contributed by atoms with Gasteiger partial charge < -0.3 is 10.4 Å². The number of thioether (sulfide) groups is 1. The molecule has 6 nitrogen and oxygen atoms in total. The van der Waals surface area contributed by atoms with Crippen molar-refractivity contribution in [1.82, 2.24) is 10.4 Å². The zero-order chi connectivity index (χ0) is 17.8. The van der Waals surface area contributed by atoms with Gasteiger partial charge in [-0.1, -0.05) is 36.4 Å². The maximum absolute atomic E-state index is 12.2. The minimum absolute atomic E-state index is 0.160. The van der Waals surface area contributed by atoms with Crippen LogP contribution in [0.1, 0.15) is 21.3 Å². The number of carbonyl (C=O) groups excluding carboxylic acids is 1. The van der Waals surface area contributed by atoms with Gasteiger partial charge >= 0.3 is 5.97 Å². The average Bonchev–Trinajstić information content (AvgIpc) is 2.96. The number of para-hydroxylation sites is 1. The molecule has 1 amide bonds. The summed E-state index contributed by atoms with van der Waals surface area (Å²) in [5.74, 6) is -0.938. The Labute approximate surface area is 154 Å². The Morgan fingerprint density at radius 1 is 1.16 bits per heavy atom. The Morgan fingerprint density at radius 3 is 2.56 bits per heavy atom. The first-order chi connectivity index (χ1) is 12.1. The predicted molar refractivity (Wildman–Crippen MR) is 101 cm³/mol. The molecule has 0 radical (unpaired) electrons. The normalized spacial score (nSPS) is 16.6. The van der Waals surface area contributed by atoms with Crippen LogP contribution in [0.2, 0.25) is 0 Å². The molecule has 0 aliphatic carbocycles. The van der Waals surface area contributed by atoms with Crippen molar-refractivity contribution in [3.63, 3.8) is 0 Å². The third-order valence-electron chi connectivity index (χ3n) is 3.58. The standard InChI is InChI=1S/C17H15N3O3S2/c21-14-10-25-15(12-8-4-5-9-13(12)16(22)23)20(14)19-17(24)18-11-6-2-1-3-7-11/h1-9,15H,10H2,(H,22,23)(H2,18,19,24)/t15-/m1/s1. The van der Waals surface area contributed by atoms with Crippen molar-refractivity contribution in [2.45, 2.75) is 5.37 Å². The van der Waals surface area contributed by atoms with Crippen LogP contribution in [0.3, 0.4) is 0 Å². The zero-order valence-electron chi connectivity index (χ0n) is 13.0. The summed E-state index contributed by atoms with van der Waals surface area (Å²) in [5, 5.41) is 13.6. The number of hydrazine groups is 1. The molecule has 1 fully saturated rings. The fraction of sp³-hybridized carbons (Fsp3) is 0.118. The summed E-state index contributed by atoms with van der Waals surface area (Å²) >= 11 is 6.63. The highest BCUT2D eigenvalue weighted by Gasteiger charge is 2.35. The maximum atomic E-state index is 12.2. The molecule has 1 saturated heterocycles. The van der Waals surface area contributed by atoms with Crippen LogP contribution in [0.15, 0.2) is 54.6 Å². The number of thiocarbonyl (C=S) groups is 1. The molecule has 0 spiro atoms. The topological polar surface area (TPSA) is 81.7 Å². The number of hydrogen-bond acceptors (Lipinski definition) is 4.